The molecule has 6 heteroatoms. The smallest absolute Gasteiger partial charge is 0.305 e. The standard InChI is InChI=1S/C9H15N3O3/c1-6(4-10)5-12(2)9(15)7(11)3-8(13)14/h6-7H,3,5,11H2,1-2H3,(H,13,14). The predicted molar refractivity (Wildman–Crippen MR) is 52.6 cm³/mol. The van der Waals surface area contributed by atoms with Crippen LogP contribution in [0.2, 0.25) is 0 Å². The summed E-state index contributed by atoms with van der Waals surface area (Å²) in [6.45, 7) is 1.93. The zero-order valence-electron chi connectivity index (χ0n) is 8.80. The molecule has 0 aromatic carbocycles. The van der Waals surface area contributed by atoms with E-state index in [9.17, 15) is 9.59 Å². The minimum absolute atomic E-state index is 0.253. The first kappa shape index (κ1) is 13.4. The fourth-order valence-electron chi connectivity index (χ4n) is 1.10. The third-order valence-corrected chi connectivity index (χ3v) is 1.86. The highest BCUT2D eigenvalue weighted by molar-refractivity contribution is 5.85. The number of carbonyl (C=O) groups excluding carboxylic acids is 1. The van der Waals surface area contributed by atoms with E-state index in [4.69, 9.17) is 16.1 Å². The zero-order valence-corrected chi connectivity index (χ0v) is 8.80. The molecule has 0 aromatic rings. The lowest BCUT2D eigenvalue weighted by atomic mass is 10.1. The number of amides is 1. The summed E-state index contributed by atoms with van der Waals surface area (Å²) >= 11 is 0. The Hall–Kier alpha value is -1.61. The van der Waals surface area contributed by atoms with Crippen molar-refractivity contribution in [2.24, 2.45) is 11.7 Å². The van der Waals surface area contributed by atoms with Crippen LogP contribution < -0.4 is 5.73 Å². The molecule has 3 N–H and O–H groups in total. The van der Waals surface area contributed by atoms with Crippen LogP contribution >= 0.6 is 0 Å². The molecule has 2 atom stereocenters. The highest BCUT2D eigenvalue weighted by Gasteiger charge is 2.21. The largest absolute Gasteiger partial charge is 0.481 e. The number of carboxylic acids is 1. The number of likely N-dealkylation sites (N-methyl/N-ethyl adjacent to an activating group) is 1. The lowest BCUT2D eigenvalue weighted by Crippen LogP contribution is -2.44. The van der Waals surface area contributed by atoms with E-state index in [-0.39, 0.29) is 12.5 Å². The molecule has 0 aliphatic carbocycles. The average Bonchev–Trinajstić information content (AvgIpc) is 2.15. The summed E-state index contributed by atoms with van der Waals surface area (Å²) in [5.74, 6) is -1.87. The van der Waals surface area contributed by atoms with Crippen LogP contribution in [0.15, 0.2) is 0 Å². The van der Waals surface area contributed by atoms with E-state index in [1.165, 1.54) is 11.9 Å². The summed E-state index contributed by atoms with van der Waals surface area (Å²) in [5.41, 5.74) is 5.38. The molecule has 15 heavy (non-hydrogen) atoms. The second kappa shape index (κ2) is 5.98. The molecule has 2 unspecified atom stereocenters. The predicted octanol–water partition coefficient (Wildman–Crippen LogP) is -0.594. The van der Waals surface area contributed by atoms with Crippen molar-refractivity contribution < 1.29 is 14.7 Å². The van der Waals surface area contributed by atoms with Crippen LogP contribution in [-0.2, 0) is 9.59 Å². The van der Waals surface area contributed by atoms with Gasteiger partial charge >= 0.3 is 5.97 Å². The lowest BCUT2D eigenvalue weighted by Gasteiger charge is -2.21. The van der Waals surface area contributed by atoms with Crippen molar-refractivity contribution in [1.29, 1.82) is 5.26 Å². The molecule has 0 spiro atoms. The van der Waals surface area contributed by atoms with Gasteiger partial charge < -0.3 is 15.7 Å². The van der Waals surface area contributed by atoms with E-state index in [2.05, 4.69) is 0 Å². The van der Waals surface area contributed by atoms with Crippen LogP contribution in [0, 0.1) is 17.2 Å². The Bertz CT molecular complexity index is 285. The van der Waals surface area contributed by atoms with Crippen LogP contribution in [-0.4, -0.2) is 41.5 Å². The second-order valence-corrected chi connectivity index (χ2v) is 3.45. The number of hydrogen-bond acceptors (Lipinski definition) is 4. The summed E-state index contributed by atoms with van der Waals surface area (Å²) in [5, 5.41) is 17.0. The monoisotopic (exact) mass is 213 g/mol. The molecule has 0 aliphatic rings. The number of rotatable bonds is 5. The highest BCUT2D eigenvalue weighted by atomic mass is 16.4. The topological polar surface area (TPSA) is 107 Å². The van der Waals surface area contributed by atoms with Gasteiger partial charge in [0.15, 0.2) is 0 Å². The quantitative estimate of drug-likeness (QED) is 0.634. The summed E-state index contributed by atoms with van der Waals surface area (Å²) < 4.78 is 0. The van der Waals surface area contributed by atoms with Gasteiger partial charge in [0.1, 0.15) is 0 Å². The van der Waals surface area contributed by atoms with Gasteiger partial charge in [-0.1, -0.05) is 0 Å². The van der Waals surface area contributed by atoms with Gasteiger partial charge in [-0.2, -0.15) is 5.26 Å². The van der Waals surface area contributed by atoms with Gasteiger partial charge in [0.05, 0.1) is 24.4 Å². The highest BCUT2D eigenvalue weighted by Crippen LogP contribution is 2.00. The molecule has 0 bridgehead atoms. The molecule has 84 valence electrons. The third-order valence-electron chi connectivity index (χ3n) is 1.86. The minimum Gasteiger partial charge on any atom is -0.481 e. The summed E-state index contributed by atoms with van der Waals surface area (Å²) in [6.07, 6.45) is -0.399. The molecule has 0 radical (unpaired) electrons. The maximum atomic E-state index is 11.5. The molecular weight excluding hydrogens is 198 g/mol. The van der Waals surface area contributed by atoms with E-state index in [1.807, 2.05) is 6.07 Å². The summed E-state index contributed by atoms with van der Waals surface area (Å²) in [6, 6.07) is 0.936. The molecule has 0 aromatic heterocycles. The Labute approximate surface area is 88.3 Å². The molecule has 0 rings (SSSR count). The van der Waals surface area contributed by atoms with Crippen molar-refractivity contribution in [3.63, 3.8) is 0 Å². The maximum Gasteiger partial charge on any atom is 0.305 e. The molecule has 0 heterocycles. The molecular formula is C9H15N3O3. The molecule has 0 fully saturated rings. The fraction of sp³-hybridized carbons (Fsp3) is 0.667. The van der Waals surface area contributed by atoms with Gasteiger partial charge in [-0.05, 0) is 6.92 Å². The third kappa shape index (κ3) is 4.98. The van der Waals surface area contributed by atoms with E-state index in [0.29, 0.717) is 0 Å². The molecule has 1 amide bonds. The Kier molecular flexibility index (Phi) is 5.34. The van der Waals surface area contributed by atoms with Gasteiger partial charge in [-0.3, -0.25) is 9.59 Å². The summed E-state index contributed by atoms with van der Waals surface area (Å²) in [7, 11) is 1.50. The van der Waals surface area contributed by atoms with Crippen molar-refractivity contribution in [1.82, 2.24) is 4.90 Å². The summed E-state index contributed by atoms with van der Waals surface area (Å²) in [4.78, 5) is 23.0. The van der Waals surface area contributed by atoms with Crippen molar-refractivity contribution in [2.45, 2.75) is 19.4 Å². The van der Waals surface area contributed by atoms with Crippen molar-refractivity contribution >= 4 is 11.9 Å². The second-order valence-electron chi connectivity index (χ2n) is 3.45. The first-order chi connectivity index (χ1) is 6.88. The number of nitrogens with two attached hydrogens (primary N) is 1. The normalized spacial score (nSPS) is 13.7. The lowest BCUT2D eigenvalue weighted by molar-refractivity contribution is -0.141. The SMILES string of the molecule is CC(C#N)CN(C)C(=O)C(N)CC(=O)O. The maximum absolute atomic E-state index is 11.5. The van der Waals surface area contributed by atoms with Gasteiger partial charge in [0, 0.05) is 13.6 Å². The van der Waals surface area contributed by atoms with Crippen LogP contribution in [0.25, 0.3) is 0 Å². The molecule has 6 nitrogen and oxygen atoms in total. The van der Waals surface area contributed by atoms with E-state index in [0.717, 1.165) is 0 Å². The minimum atomic E-state index is -1.11. The van der Waals surface area contributed by atoms with E-state index < -0.39 is 24.3 Å². The van der Waals surface area contributed by atoms with Gasteiger partial charge in [-0.15, -0.1) is 0 Å². The van der Waals surface area contributed by atoms with Crippen LogP contribution in [0.5, 0.6) is 0 Å². The zero-order chi connectivity index (χ0) is 12.0. The molecule has 0 saturated carbocycles. The number of nitrogens with zero attached hydrogens (tertiary/aromatic N) is 2. The van der Waals surface area contributed by atoms with Crippen LogP contribution in [0.4, 0.5) is 0 Å². The first-order valence-corrected chi connectivity index (χ1v) is 4.50. The molecule has 0 saturated heterocycles. The number of aliphatic carboxylic acids is 1. The van der Waals surface area contributed by atoms with E-state index in [1.54, 1.807) is 6.92 Å². The number of nitriles is 1. The Morgan fingerprint density at radius 2 is 2.13 bits per heavy atom. The fourth-order valence-corrected chi connectivity index (χ4v) is 1.10. The van der Waals surface area contributed by atoms with Crippen molar-refractivity contribution in [3.8, 4) is 6.07 Å². The Morgan fingerprint density at radius 3 is 2.53 bits per heavy atom. The molecule has 0 aliphatic heterocycles. The van der Waals surface area contributed by atoms with Crippen LogP contribution in [0.3, 0.4) is 0 Å². The number of carboxylic acid groups (broad SMARTS) is 1. The van der Waals surface area contributed by atoms with Crippen molar-refractivity contribution in [2.75, 3.05) is 13.6 Å². The van der Waals surface area contributed by atoms with Gasteiger partial charge in [0.2, 0.25) is 5.91 Å². The Morgan fingerprint density at radius 1 is 1.60 bits per heavy atom. The van der Waals surface area contributed by atoms with Crippen molar-refractivity contribution in [3.05, 3.63) is 0 Å². The van der Waals surface area contributed by atoms with Gasteiger partial charge in [0.25, 0.3) is 0 Å². The number of carbonyl (C=O) groups is 2. The Balaban J connectivity index is 4.20. The van der Waals surface area contributed by atoms with E-state index >= 15 is 0 Å². The van der Waals surface area contributed by atoms with Gasteiger partial charge in [-0.25, -0.2) is 0 Å². The first-order valence-electron chi connectivity index (χ1n) is 4.50. The van der Waals surface area contributed by atoms with Crippen LogP contribution in [0.1, 0.15) is 13.3 Å². The number of hydrogen-bond donors (Lipinski definition) is 2. The average molecular weight is 213 g/mol.